The molecule has 1 aliphatic heterocycles. The normalized spacial score (nSPS) is 18.9. The van der Waals surface area contributed by atoms with Crippen LogP contribution in [0, 0.1) is 11.6 Å². The Bertz CT molecular complexity index is 481. The zero-order valence-electron chi connectivity index (χ0n) is 11.0. The summed E-state index contributed by atoms with van der Waals surface area (Å²) in [5.41, 5.74) is 0. The molecule has 110 valence electrons. The second-order valence-electron chi connectivity index (χ2n) is 4.78. The minimum atomic E-state index is -0.838. The number of carbonyl (C=O) groups excluding carboxylic acids is 1. The number of likely N-dealkylation sites (tertiary alicyclic amines) is 1. The van der Waals surface area contributed by atoms with Gasteiger partial charge in [-0.05, 0) is 31.4 Å². The summed E-state index contributed by atoms with van der Waals surface area (Å²) in [5, 5.41) is 9.23. The second-order valence-corrected chi connectivity index (χ2v) is 4.78. The van der Waals surface area contributed by atoms with Gasteiger partial charge in [0.05, 0.1) is 12.6 Å². The number of rotatable bonds is 4. The molecule has 20 heavy (non-hydrogen) atoms. The van der Waals surface area contributed by atoms with E-state index < -0.39 is 11.6 Å². The van der Waals surface area contributed by atoms with Gasteiger partial charge in [-0.3, -0.25) is 4.79 Å². The highest BCUT2D eigenvalue weighted by Crippen LogP contribution is 2.19. The largest absolute Gasteiger partial charge is 0.481 e. The van der Waals surface area contributed by atoms with E-state index >= 15 is 0 Å². The Morgan fingerprint density at radius 2 is 2.20 bits per heavy atom. The first kappa shape index (κ1) is 14.7. The van der Waals surface area contributed by atoms with Crippen LogP contribution in [0.1, 0.15) is 19.3 Å². The number of halogens is 2. The highest BCUT2D eigenvalue weighted by molar-refractivity contribution is 5.78. The number of aliphatic hydroxyl groups is 1. The summed E-state index contributed by atoms with van der Waals surface area (Å²) < 4.78 is 31.2. The van der Waals surface area contributed by atoms with Gasteiger partial charge < -0.3 is 14.7 Å². The van der Waals surface area contributed by atoms with Crippen LogP contribution in [-0.2, 0) is 4.79 Å². The number of hydrogen-bond acceptors (Lipinski definition) is 3. The van der Waals surface area contributed by atoms with Crippen LogP contribution in [-0.4, -0.2) is 41.7 Å². The van der Waals surface area contributed by atoms with Gasteiger partial charge in [-0.15, -0.1) is 0 Å². The molecule has 2 rings (SSSR count). The lowest BCUT2D eigenvalue weighted by molar-refractivity contribution is -0.138. The van der Waals surface area contributed by atoms with E-state index in [9.17, 15) is 18.7 Å². The van der Waals surface area contributed by atoms with Crippen LogP contribution in [0.25, 0.3) is 0 Å². The number of aliphatic hydroxyl groups excluding tert-OH is 1. The fourth-order valence-corrected chi connectivity index (χ4v) is 2.33. The summed E-state index contributed by atoms with van der Waals surface area (Å²) in [7, 11) is 0. The third kappa shape index (κ3) is 3.45. The Labute approximate surface area is 116 Å². The Hall–Kier alpha value is -1.69. The van der Waals surface area contributed by atoms with E-state index in [1.807, 2.05) is 0 Å². The summed E-state index contributed by atoms with van der Waals surface area (Å²) in [6, 6.07) is 2.73. The van der Waals surface area contributed by atoms with Crippen LogP contribution in [0.15, 0.2) is 18.2 Å². The molecule has 0 aromatic heterocycles. The first-order valence-electron chi connectivity index (χ1n) is 6.60. The van der Waals surface area contributed by atoms with Gasteiger partial charge in [0.25, 0.3) is 5.91 Å². The first-order valence-corrected chi connectivity index (χ1v) is 6.60. The van der Waals surface area contributed by atoms with E-state index in [-0.39, 0.29) is 30.9 Å². The topological polar surface area (TPSA) is 49.8 Å². The van der Waals surface area contributed by atoms with Crippen LogP contribution in [0.5, 0.6) is 5.75 Å². The van der Waals surface area contributed by atoms with Gasteiger partial charge in [0, 0.05) is 12.6 Å². The number of nitrogens with zero attached hydrogens (tertiary/aromatic N) is 1. The van der Waals surface area contributed by atoms with E-state index in [1.54, 1.807) is 4.90 Å². The van der Waals surface area contributed by atoms with Gasteiger partial charge in [-0.2, -0.15) is 0 Å². The monoisotopic (exact) mass is 285 g/mol. The maximum absolute atomic E-state index is 13.4. The molecule has 0 spiro atoms. The number of carbonyl (C=O) groups is 1. The Kier molecular flexibility index (Phi) is 4.89. The number of benzene rings is 1. The predicted molar refractivity (Wildman–Crippen MR) is 68.3 cm³/mol. The van der Waals surface area contributed by atoms with Crippen molar-refractivity contribution in [2.75, 3.05) is 19.8 Å². The van der Waals surface area contributed by atoms with Crippen LogP contribution in [0.4, 0.5) is 8.78 Å². The lowest BCUT2D eigenvalue weighted by Crippen LogP contribution is -2.47. The third-order valence-electron chi connectivity index (χ3n) is 3.40. The molecular weight excluding hydrogens is 268 g/mol. The number of piperidine rings is 1. The molecule has 1 saturated heterocycles. The standard InChI is InChI=1S/C14H17F2NO3/c15-10-4-5-13(12(16)7-10)20-9-14(19)17-6-2-1-3-11(17)8-18/h4-5,7,11,18H,1-3,6,8-9H2. The summed E-state index contributed by atoms with van der Waals surface area (Å²) in [4.78, 5) is 13.6. The minimum absolute atomic E-state index is 0.0867. The second kappa shape index (κ2) is 6.65. The average Bonchev–Trinajstić information content (AvgIpc) is 2.46. The van der Waals surface area contributed by atoms with E-state index in [0.717, 1.165) is 31.4 Å². The Balaban J connectivity index is 1.94. The van der Waals surface area contributed by atoms with E-state index in [4.69, 9.17) is 4.74 Å². The molecule has 1 aromatic rings. The van der Waals surface area contributed by atoms with Crippen molar-refractivity contribution in [2.45, 2.75) is 25.3 Å². The molecule has 6 heteroatoms. The van der Waals surface area contributed by atoms with Crippen LogP contribution >= 0.6 is 0 Å². The quantitative estimate of drug-likeness (QED) is 0.916. The fraction of sp³-hybridized carbons (Fsp3) is 0.500. The lowest BCUT2D eigenvalue weighted by Gasteiger charge is -2.34. The van der Waals surface area contributed by atoms with Crippen molar-refractivity contribution >= 4 is 5.91 Å². The molecule has 1 aromatic carbocycles. The average molecular weight is 285 g/mol. The molecule has 1 heterocycles. The molecule has 0 bridgehead atoms. The molecule has 1 atom stereocenters. The van der Waals surface area contributed by atoms with Crippen molar-refractivity contribution in [1.82, 2.24) is 4.90 Å². The molecule has 0 aliphatic carbocycles. The van der Waals surface area contributed by atoms with Gasteiger partial charge in [-0.25, -0.2) is 8.78 Å². The molecule has 1 amide bonds. The summed E-state index contributed by atoms with van der Waals surface area (Å²) in [6.45, 7) is 0.162. The van der Waals surface area contributed by atoms with Crippen molar-refractivity contribution in [1.29, 1.82) is 0 Å². The van der Waals surface area contributed by atoms with Crippen molar-refractivity contribution in [3.8, 4) is 5.75 Å². The van der Waals surface area contributed by atoms with Gasteiger partial charge in [0.1, 0.15) is 5.82 Å². The first-order chi connectivity index (χ1) is 9.61. The van der Waals surface area contributed by atoms with Gasteiger partial charge in [0.2, 0.25) is 0 Å². The molecular formula is C14H17F2NO3. The number of hydrogen-bond donors (Lipinski definition) is 1. The van der Waals surface area contributed by atoms with E-state index in [0.29, 0.717) is 12.6 Å². The Morgan fingerprint density at radius 1 is 1.40 bits per heavy atom. The van der Waals surface area contributed by atoms with E-state index in [1.165, 1.54) is 0 Å². The van der Waals surface area contributed by atoms with Crippen LogP contribution < -0.4 is 4.74 Å². The smallest absolute Gasteiger partial charge is 0.260 e. The molecule has 4 nitrogen and oxygen atoms in total. The van der Waals surface area contributed by atoms with E-state index in [2.05, 4.69) is 0 Å². The molecule has 0 saturated carbocycles. The van der Waals surface area contributed by atoms with Crippen LogP contribution in [0.2, 0.25) is 0 Å². The SMILES string of the molecule is O=C(COc1ccc(F)cc1F)N1CCCCC1CO. The summed E-state index contributed by atoms with van der Waals surface area (Å²) in [6.07, 6.45) is 2.61. The predicted octanol–water partition coefficient (Wildman–Crippen LogP) is 1.72. The Morgan fingerprint density at radius 3 is 2.90 bits per heavy atom. The molecule has 1 unspecified atom stereocenters. The van der Waals surface area contributed by atoms with Gasteiger partial charge >= 0.3 is 0 Å². The lowest BCUT2D eigenvalue weighted by atomic mass is 10.0. The molecule has 0 radical (unpaired) electrons. The van der Waals surface area contributed by atoms with Crippen molar-refractivity contribution < 1.29 is 23.4 Å². The van der Waals surface area contributed by atoms with Gasteiger partial charge in [-0.1, -0.05) is 0 Å². The third-order valence-corrected chi connectivity index (χ3v) is 3.40. The zero-order chi connectivity index (χ0) is 14.5. The molecule has 1 fully saturated rings. The summed E-state index contributed by atoms with van der Waals surface area (Å²) >= 11 is 0. The van der Waals surface area contributed by atoms with Crippen molar-refractivity contribution in [3.63, 3.8) is 0 Å². The number of ether oxygens (including phenoxy) is 1. The summed E-state index contributed by atoms with van der Waals surface area (Å²) in [5.74, 6) is -1.99. The highest BCUT2D eigenvalue weighted by Gasteiger charge is 2.26. The zero-order valence-corrected chi connectivity index (χ0v) is 11.0. The molecule has 1 aliphatic rings. The van der Waals surface area contributed by atoms with Crippen molar-refractivity contribution in [3.05, 3.63) is 29.8 Å². The fourth-order valence-electron chi connectivity index (χ4n) is 2.33. The van der Waals surface area contributed by atoms with Crippen LogP contribution in [0.3, 0.4) is 0 Å². The van der Waals surface area contributed by atoms with Crippen molar-refractivity contribution in [2.24, 2.45) is 0 Å². The maximum atomic E-state index is 13.4. The number of amides is 1. The molecule has 1 N–H and O–H groups in total. The van der Waals surface area contributed by atoms with Gasteiger partial charge in [0.15, 0.2) is 18.2 Å². The maximum Gasteiger partial charge on any atom is 0.260 e. The highest BCUT2D eigenvalue weighted by atomic mass is 19.1. The minimum Gasteiger partial charge on any atom is -0.481 e.